The first kappa shape index (κ1) is 16.5. The summed E-state index contributed by atoms with van der Waals surface area (Å²) in [5, 5.41) is 8.23. The first-order valence-corrected chi connectivity index (χ1v) is 8.31. The van der Waals surface area contributed by atoms with Gasteiger partial charge in [-0.15, -0.1) is 0 Å². The Bertz CT molecular complexity index is 407. The van der Waals surface area contributed by atoms with E-state index in [1.807, 2.05) is 0 Å². The van der Waals surface area contributed by atoms with Crippen LogP contribution in [0.25, 0.3) is 0 Å². The van der Waals surface area contributed by atoms with Gasteiger partial charge in [0.05, 0.1) is 18.9 Å². The molecular formula is C16H30N4O. The lowest BCUT2D eigenvalue weighted by Gasteiger charge is -2.35. The highest BCUT2D eigenvalue weighted by atomic mass is 16.5. The van der Waals surface area contributed by atoms with Crippen molar-refractivity contribution >= 4 is 0 Å². The van der Waals surface area contributed by atoms with Crippen molar-refractivity contribution in [2.24, 2.45) is 0 Å². The Morgan fingerprint density at radius 2 is 2.33 bits per heavy atom. The summed E-state index contributed by atoms with van der Waals surface area (Å²) in [7, 11) is 0. The molecule has 120 valence electrons. The van der Waals surface area contributed by atoms with Gasteiger partial charge in [0.2, 0.25) is 0 Å². The molecule has 2 rings (SSSR count). The van der Waals surface area contributed by atoms with Gasteiger partial charge in [-0.1, -0.05) is 13.8 Å². The lowest BCUT2D eigenvalue weighted by atomic mass is 10.2. The minimum atomic E-state index is 0.457. The van der Waals surface area contributed by atoms with Crippen molar-refractivity contribution in [3.8, 4) is 0 Å². The van der Waals surface area contributed by atoms with E-state index >= 15 is 0 Å². The second-order valence-corrected chi connectivity index (χ2v) is 5.95. The van der Waals surface area contributed by atoms with E-state index in [-0.39, 0.29) is 0 Å². The summed E-state index contributed by atoms with van der Waals surface area (Å²) in [5.74, 6) is 0. The van der Waals surface area contributed by atoms with Gasteiger partial charge in [0.1, 0.15) is 0 Å². The van der Waals surface area contributed by atoms with Crippen LogP contribution in [0.1, 0.15) is 45.3 Å². The van der Waals surface area contributed by atoms with Crippen molar-refractivity contribution in [3.63, 3.8) is 0 Å². The molecule has 1 fully saturated rings. The van der Waals surface area contributed by atoms with E-state index in [0.717, 1.165) is 51.5 Å². The van der Waals surface area contributed by atoms with Crippen LogP contribution in [-0.4, -0.2) is 53.6 Å². The van der Waals surface area contributed by atoms with E-state index in [9.17, 15) is 0 Å². The van der Waals surface area contributed by atoms with Gasteiger partial charge in [-0.05, 0) is 32.4 Å². The van der Waals surface area contributed by atoms with Crippen LogP contribution in [0.5, 0.6) is 0 Å². The van der Waals surface area contributed by atoms with Gasteiger partial charge < -0.3 is 10.1 Å². The van der Waals surface area contributed by atoms with Gasteiger partial charge in [-0.3, -0.25) is 9.58 Å². The average Bonchev–Trinajstić information content (AvgIpc) is 2.97. The van der Waals surface area contributed by atoms with Crippen LogP contribution in [0, 0.1) is 0 Å². The fourth-order valence-corrected chi connectivity index (χ4v) is 2.63. The molecule has 0 radical (unpaired) electrons. The van der Waals surface area contributed by atoms with Crippen molar-refractivity contribution in [1.82, 2.24) is 20.0 Å². The zero-order valence-corrected chi connectivity index (χ0v) is 13.7. The fourth-order valence-electron chi connectivity index (χ4n) is 2.63. The SMILES string of the molecule is CCCNCC1COCCN1Cc1ccn(C(C)CC)n1. The zero-order chi connectivity index (χ0) is 15.1. The maximum atomic E-state index is 5.63. The molecule has 1 aromatic rings. The summed E-state index contributed by atoms with van der Waals surface area (Å²) < 4.78 is 7.72. The Kier molecular flexibility index (Phi) is 6.67. The second-order valence-electron chi connectivity index (χ2n) is 5.95. The third-order valence-corrected chi connectivity index (χ3v) is 4.23. The van der Waals surface area contributed by atoms with Crippen molar-refractivity contribution in [3.05, 3.63) is 18.0 Å². The molecule has 1 aromatic heterocycles. The molecular weight excluding hydrogens is 264 g/mol. The van der Waals surface area contributed by atoms with Crippen molar-refractivity contribution in [2.45, 2.75) is 52.2 Å². The monoisotopic (exact) mass is 294 g/mol. The molecule has 0 amide bonds. The molecule has 1 aliphatic rings. The van der Waals surface area contributed by atoms with Crippen molar-refractivity contribution < 1.29 is 4.74 Å². The molecule has 2 unspecified atom stereocenters. The van der Waals surface area contributed by atoms with Gasteiger partial charge in [-0.2, -0.15) is 5.10 Å². The Morgan fingerprint density at radius 3 is 3.10 bits per heavy atom. The summed E-state index contributed by atoms with van der Waals surface area (Å²) >= 11 is 0. The first-order chi connectivity index (χ1) is 10.2. The number of rotatable bonds is 8. The number of nitrogens with zero attached hydrogens (tertiary/aromatic N) is 3. The standard InChI is InChI=1S/C16H30N4O/c1-4-7-17-11-16-13-21-10-9-19(16)12-15-6-8-20(18-15)14(3)5-2/h6,8,14,16-17H,4-5,7,9-13H2,1-3H3. The van der Waals surface area contributed by atoms with Crippen molar-refractivity contribution in [2.75, 3.05) is 32.8 Å². The Balaban J connectivity index is 1.90. The molecule has 0 saturated carbocycles. The normalized spacial score (nSPS) is 21.6. The molecule has 5 heteroatoms. The van der Waals surface area contributed by atoms with Crippen LogP contribution in [0.2, 0.25) is 0 Å². The summed E-state index contributed by atoms with van der Waals surface area (Å²) in [4.78, 5) is 2.50. The van der Waals surface area contributed by atoms with E-state index in [2.05, 4.69) is 47.9 Å². The molecule has 5 nitrogen and oxygen atoms in total. The molecule has 1 N–H and O–H groups in total. The largest absolute Gasteiger partial charge is 0.378 e. The average molecular weight is 294 g/mol. The molecule has 2 atom stereocenters. The molecule has 21 heavy (non-hydrogen) atoms. The molecule has 0 bridgehead atoms. The van der Waals surface area contributed by atoms with Gasteiger partial charge in [0.15, 0.2) is 0 Å². The highest BCUT2D eigenvalue weighted by Crippen LogP contribution is 2.13. The summed E-state index contributed by atoms with van der Waals surface area (Å²) in [5.41, 5.74) is 1.16. The van der Waals surface area contributed by atoms with Crippen LogP contribution >= 0.6 is 0 Å². The third-order valence-electron chi connectivity index (χ3n) is 4.23. The van der Waals surface area contributed by atoms with E-state index in [4.69, 9.17) is 9.84 Å². The van der Waals surface area contributed by atoms with E-state index in [1.165, 1.54) is 6.42 Å². The Labute approximate surface area is 128 Å². The molecule has 0 aromatic carbocycles. The van der Waals surface area contributed by atoms with Gasteiger partial charge >= 0.3 is 0 Å². The molecule has 2 heterocycles. The smallest absolute Gasteiger partial charge is 0.0765 e. The number of morpholine rings is 1. The summed E-state index contributed by atoms with van der Waals surface area (Å²) in [6, 6.07) is 3.09. The fraction of sp³-hybridized carbons (Fsp3) is 0.812. The predicted molar refractivity (Wildman–Crippen MR) is 85.4 cm³/mol. The number of hydrogen-bond acceptors (Lipinski definition) is 4. The summed E-state index contributed by atoms with van der Waals surface area (Å²) in [6.07, 6.45) is 4.39. The van der Waals surface area contributed by atoms with Crippen LogP contribution in [-0.2, 0) is 11.3 Å². The van der Waals surface area contributed by atoms with Gasteiger partial charge in [-0.25, -0.2) is 0 Å². The first-order valence-electron chi connectivity index (χ1n) is 8.31. The Morgan fingerprint density at radius 1 is 1.48 bits per heavy atom. The van der Waals surface area contributed by atoms with Gasteiger partial charge in [0, 0.05) is 37.9 Å². The minimum Gasteiger partial charge on any atom is -0.378 e. The summed E-state index contributed by atoms with van der Waals surface area (Å²) in [6.45, 7) is 12.3. The van der Waals surface area contributed by atoms with Crippen LogP contribution in [0.3, 0.4) is 0 Å². The molecule has 1 saturated heterocycles. The maximum Gasteiger partial charge on any atom is 0.0765 e. The zero-order valence-electron chi connectivity index (χ0n) is 13.7. The number of nitrogens with one attached hydrogen (secondary N) is 1. The highest BCUT2D eigenvalue weighted by molar-refractivity contribution is 5.00. The third kappa shape index (κ3) is 4.80. The quantitative estimate of drug-likeness (QED) is 0.745. The molecule has 0 spiro atoms. The topological polar surface area (TPSA) is 42.3 Å². The van der Waals surface area contributed by atoms with Crippen LogP contribution in [0.4, 0.5) is 0 Å². The predicted octanol–water partition coefficient (Wildman–Crippen LogP) is 2.05. The van der Waals surface area contributed by atoms with Gasteiger partial charge in [0.25, 0.3) is 0 Å². The van der Waals surface area contributed by atoms with E-state index in [1.54, 1.807) is 0 Å². The highest BCUT2D eigenvalue weighted by Gasteiger charge is 2.23. The van der Waals surface area contributed by atoms with Crippen LogP contribution < -0.4 is 5.32 Å². The number of hydrogen-bond donors (Lipinski definition) is 1. The molecule has 1 aliphatic heterocycles. The second kappa shape index (κ2) is 8.51. The number of ether oxygens (including phenoxy) is 1. The minimum absolute atomic E-state index is 0.457. The maximum absolute atomic E-state index is 5.63. The van der Waals surface area contributed by atoms with Crippen molar-refractivity contribution in [1.29, 1.82) is 0 Å². The molecule has 0 aliphatic carbocycles. The van der Waals surface area contributed by atoms with E-state index in [0.29, 0.717) is 12.1 Å². The Hall–Kier alpha value is -0.910. The van der Waals surface area contributed by atoms with Crippen LogP contribution in [0.15, 0.2) is 12.3 Å². The number of aromatic nitrogens is 2. The lowest BCUT2D eigenvalue weighted by molar-refractivity contribution is -0.0114. The lowest BCUT2D eigenvalue weighted by Crippen LogP contribution is -2.50. The van der Waals surface area contributed by atoms with E-state index < -0.39 is 0 Å².